The molecule has 110 valence electrons. The van der Waals surface area contributed by atoms with Crippen LogP contribution in [0.5, 0.6) is 5.75 Å². The molecule has 1 unspecified atom stereocenters. The minimum absolute atomic E-state index is 0.0888. The number of carbonyl (C=O) groups excluding carboxylic acids is 1. The molecule has 1 amide bonds. The number of rotatable bonds is 4. The molecule has 0 aliphatic carbocycles. The lowest BCUT2D eigenvalue weighted by atomic mass is 9.85. The Balaban J connectivity index is 2.03. The zero-order chi connectivity index (χ0) is 14.9. The molecule has 3 rings (SSSR count). The highest BCUT2D eigenvalue weighted by Gasteiger charge is 2.36. The summed E-state index contributed by atoms with van der Waals surface area (Å²) in [5.41, 5.74) is 1.18. The normalized spacial score (nSPS) is 21.5. The van der Waals surface area contributed by atoms with Crippen molar-refractivity contribution >= 4 is 16.7 Å². The molecule has 0 aromatic heterocycles. The monoisotopic (exact) mass is 283 g/mol. The molecule has 1 heterocycles. The number of fused-ring (bicyclic) bond motifs is 1. The largest absolute Gasteiger partial charge is 0.496 e. The Morgan fingerprint density at radius 2 is 1.95 bits per heavy atom. The first-order valence-electron chi connectivity index (χ1n) is 7.53. The second-order valence-electron chi connectivity index (χ2n) is 5.83. The number of ether oxygens (including phenoxy) is 1. The van der Waals surface area contributed by atoms with Crippen molar-refractivity contribution in [2.24, 2.45) is 0 Å². The van der Waals surface area contributed by atoms with Crippen molar-refractivity contribution in [3.63, 3.8) is 0 Å². The summed E-state index contributed by atoms with van der Waals surface area (Å²) >= 11 is 0. The van der Waals surface area contributed by atoms with Crippen molar-refractivity contribution < 1.29 is 9.53 Å². The van der Waals surface area contributed by atoms with Gasteiger partial charge in [0.1, 0.15) is 5.75 Å². The highest BCUT2D eigenvalue weighted by atomic mass is 16.5. The van der Waals surface area contributed by atoms with Crippen LogP contribution in [0.3, 0.4) is 0 Å². The van der Waals surface area contributed by atoms with Crippen LogP contribution >= 0.6 is 0 Å². The fourth-order valence-corrected chi connectivity index (χ4v) is 3.33. The highest BCUT2D eigenvalue weighted by Crippen LogP contribution is 2.34. The quantitative estimate of drug-likeness (QED) is 0.933. The maximum atomic E-state index is 11.6. The summed E-state index contributed by atoms with van der Waals surface area (Å²) < 4.78 is 5.45. The fourth-order valence-electron chi connectivity index (χ4n) is 3.33. The second kappa shape index (κ2) is 5.40. The average Bonchev–Trinajstić information content (AvgIpc) is 2.89. The molecule has 1 N–H and O–H groups in total. The minimum atomic E-state index is -0.0888. The Bertz CT molecular complexity index is 680. The molecule has 0 bridgehead atoms. The van der Waals surface area contributed by atoms with Crippen LogP contribution in [0, 0.1) is 0 Å². The number of nitrogens with one attached hydrogen (secondary N) is 1. The van der Waals surface area contributed by atoms with Crippen LogP contribution in [0.2, 0.25) is 0 Å². The van der Waals surface area contributed by atoms with Crippen molar-refractivity contribution in [1.29, 1.82) is 0 Å². The molecule has 1 fully saturated rings. The number of benzene rings is 2. The topological polar surface area (TPSA) is 38.3 Å². The molecule has 3 heteroatoms. The maximum Gasteiger partial charge on any atom is 0.220 e. The van der Waals surface area contributed by atoms with Crippen molar-refractivity contribution in [1.82, 2.24) is 5.32 Å². The third-order valence-corrected chi connectivity index (χ3v) is 4.64. The van der Waals surface area contributed by atoms with E-state index in [4.69, 9.17) is 4.74 Å². The van der Waals surface area contributed by atoms with Gasteiger partial charge in [0.05, 0.1) is 7.11 Å². The summed E-state index contributed by atoms with van der Waals surface area (Å²) in [6.07, 6.45) is 3.39. The molecule has 21 heavy (non-hydrogen) atoms. The first kappa shape index (κ1) is 13.9. The van der Waals surface area contributed by atoms with E-state index >= 15 is 0 Å². The van der Waals surface area contributed by atoms with E-state index in [1.165, 1.54) is 10.9 Å². The molecule has 1 aliphatic heterocycles. The van der Waals surface area contributed by atoms with Gasteiger partial charge in [-0.15, -0.1) is 0 Å². The molecular weight excluding hydrogens is 262 g/mol. The van der Waals surface area contributed by atoms with Crippen molar-refractivity contribution in [3.05, 3.63) is 42.0 Å². The zero-order valence-electron chi connectivity index (χ0n) is 12.6. The number of carbonyl (C=O) groups is 1. The Morgan fingerprint density at radius 3 is 2.57 bits per heavy atom. The van der Waals surface area contributed by atoms with Crippen LogP contribution in [0.4, 0.5) is 0 Å². The summed E-state index contributed by atoms with van der Waals surface area (Å²) in [6, 6.07) is 12.5. The number of methoxy groups -OCH3 is 1. The Morgan fingerprint density at radius 1 is 1.19 bits per heavy atom. The van der Waals surface area contributed by atoms with Gasteiger partial charge in [0.15, 0.2) is 0 Å². The standard InChI is InChI=1S/C18H21NO2/c1-3-18(11-10-17(20)19-18)12-13-8-9-16(21-2)15-7-5-4-6-14(13)15/h4-9H,3,10-12H2,1-2H3,(H,19,20). The predicted molar refractivity (Wildman–Crippen MR) is 84.6 cm³/mol. The summed E-state index contributed by atoms with van der Waals surface area (Å²) in [6.45, 7) is 2.15. The van der Waals surface area contributed by atoms with Gasteiger partial charge in [-0.2, -0.15) is 0 Å². The van der Waals surface area contributed by atoms with Gasteiger partial charge in [-0.3, -0.25) is 4.79 Å². The van der Waals surface area contributed by atoms with Crippen LogP contribution in [-0.2, 0) is 11.2 Å². The molecular formula is C18H21NO2. The van der Waals surface area contributed by atoms with E-state index in [0.717, 1.165) is 30.4 Å². The zero-order valence-corrected chi connectivity index (χ0v) is 12.6. The molecule has 3 nitrogen and oxygen atoms in total. The Kier molecular flexibility index (Phi) is 3.58. The number of hydrogen-bond donors (Lipinski definition) is 1. The van der Waals surface area contributed by atoms with Gasteiger partial charge in [0.25, 0.3) is 0 Å². The molecule has 1 saturated heterocycles. The highest BCUT2D eigenvalue weighted by molar-refractivity contribution is 5.91. The van der Waals surface area contributed by atoms with E-state index in [1.807, 2.05) is 12.1 Å². The molecule has 0 radical (unpaired) electrons. The number of hydrogen-bond acceptors (Lipinski definition) is 2. The van der Waals surface area contributed by atoms with Crippen LogP contribution in [0.25, 0.3) is 10.8 Å². The van der Waals surface area contributed by atoms with Gasteiger partial charge in [-0.1, -0.05) is 37.3 Å². The Labute approximate surface area is 125 Å². The molecule has 1 aliphatic rings. The first-order chi connectivity index (χ1) is 10.2. The van der Waals surface area contributed by atoms with Gasteiger partial charge in [0, 0.05) is 17.3 Å². The van der Waals surface area contributed by atoms with Gasteiger partial charge in [0.2, 0.25) is 5.91 Å². The van der Waals surface area contributed by atoms with Crippen molar-refractivity contribution in [2.75, 3.05) is 7.11 Å². The first-order valence-corrected chi connectivity index (χ1v) is 7.53. The summed E-state index contributed by atoms with van der Waals surface area (Å²) in [4.78, 5) is 11.6. The van der Waals surface area contributed by atoms with E-state index in [2.05, 4.69) is 36.5 Å². The van der Waals surface area contributed by atoms with Gasteiger partial charge >= 0.3 is 0 Å². The van der Waals surface area contributed by atoms with Crippen molar-refractivity contribution in [2.45, 2.75) is 38.1 Å². The summed E-state index contributed by atoms with van der Waals surface area (Å²) in [5.74, 6) is 1.07. The van der Waals surface area contributed by atoms with Crippen LogP contribution in [0.1, 0.15) is 31.7 Å². The Hall–Kier alpha value is -2.03. The molecule has 2 aromatic rings. The minimum Gasteiger partial charge on any atom is -0.496 e. The van der Waals surface area contributed by atoms with Crippen LogP contribution < -0.4 is 10.1 Å². The van der Waals surface area contributed by atoms with Crippen LogP contribution in [-0.4, -0.2) is 18.6 Å². The smallest absolute Gasteiger partial charge is 0.220 e. The van der Waals surface area contributed by atoms with E-state index < -0.39 is 0 Å². The fraction of sp³-hybridized carbons (Fsp3) is 0.389. The van der Waals surface area contributed by atoms with E-state index in [-0.39, 0.29) is 11.4 Å². The van der Waals surface area contributed by atoms with Gasteiger partial charge in [-0.05, 0) is 36.3 Å². The number of amides is 1. The summed E-state index contributed by atoms with van der Waals surface area (Å²) in [5, 5.41) is 5.53. The molecule has 0 spiro atoms. The third-order valence-electron chi connectivity index (χ3n) is 4.64. The lowest BCUT2D eigenvalue weighted by Gasteiger charge is -2.28. The molecule has 1 atom stereocenters. The maximum absolute atomic E-state index is 11.6. The van der Waals surface area contributed by atoms with Gasteiger partial charge < -0.3 is 10.1 Å². The second-order valence-corrected chi connectivity index (χ2v) is 5.83. The average molecular weight is 283 g/mol. The lowest BCUT2D eigenvalue weighted by molar-refractivity contribution is -0.119. The van der Waals surface area contributed by atoms with E-state index in [1.54, 1.807) is 7.11 Å². The van der Waals surface area contributed by atoms with Crippen molar-refractivity contribution in [3.8, 4) is 5.75 Å². The SMILES string of the molecule is CCC1(Cc2ccc(OC)c3ccccc23)CCC(=O)N1. The summed E-state index contributed by atoms with van der Waals surface area (Å²) in [7, 11) is 1.70. The molecule has 0 saturated carbocycles. The van der Waals surface area contributed by atoms with E-state index in [9.17, 15) is 4.79 Å². The van der Waals surface area contributed by atoms with Gasteiger partial charge in [-0.25, -0.2) is 0 Å². The van der Waals surface area contributed by atoms with Crippen LogP contribution in [0.15, 0.2) is 36.4 Å². The molecule has 2 aromatic carbocycles. The third kappa shape index (κ3) is 2.48. The lowest BCUT2D eigenvalue weighted by Crippen LogP contribution is -2.42. The predicted octanol–water partition coefficient (Wildman–Crippen LogP) is 3.45. The van der Waals surface area contributed by atoms with E-state index in [0.29, 0.717) is 6.42 Å².